The van der Waals surface area contributed by atoms with Gasteiger partial charge in [-0.25, -0.2) is 9.78 Å². The first-order valence-corrected chi connectivity index (χ1v) is 4.69. The van der Waals surface area contributed by atoms with Crippen molar-refractivity contribution in [2.75, 3.05) is 0 Å². The van der Waals surface area contributed by atoms with E-state index in [1.54, 1.807) is 12.1 Å². The Morgan fingerprint density at radius 2 is 2.06 bits per heavy atom. The van der Waals surface area contributed by atoms with Crippen LogP contribution >= 0.6 is 0 Å². The van der Waals surface area contributed by atoms with Crippen LogP contribution in [0, 0.1) is 0 Å². The molecule has 0 saturated heterocycles. The summed E-state index contributed by atoms with van der Waals surface area (Å²) in [5, 5.41) is 8.69. The lowest BCUT2D eigenvalue weighted by Gasteiger charge is -1.97. The molecule has 0 aliphatic carbocycles. The van der Waals surface area contributed by atoms with Crippen molar-refractivity contribution in [3.63, 3.8) is 0 Å². The van der Waals surface area contributed by atoms with Crippen LogP contribution in [0.1, 0.15) is 16.1 Å². The Morgan fingerprint density at radius 1 is 1.38 bits per heavy atom. The maximum atomic E-state index is 10.6. The van der Waals surface area contributed by atoms with Crippen LogP contribution in [0.2, 0.25) is 0 Å². The molecule has 0 spiro atoms. The lowest BCUT2D eigenvalue weighted by molar-refractivity contribution is 0.0690. The molecule has 3 N–H and O–H groups in total. The number of carbonyl (C=O) groups is 1. The lowest BCUT2D eigenvalue weighted by atomic mass is 10.1. The number of aromatic carboxylic acids is 1. The summed E-state index contributed by atoms with van der Waals surface area (Å²) in [4.78, 5) is 14.4. The molecule has 0 saturated carbocycles. The smallest absolute Gasteiger partial charge is 0.357 e. The second-order valence-corrected chi connectivity index (χ2v) is 3.24. The highest BCUT2D eigenvalue weighted by Crippen LogP contribution is 2.19. The zero-order chi connectivity index (χ0) is 11.5. The number of rotatable bonds is 3. The monoisotopic (exact) mass is 218 g/mol. The van der Waals surface area contributed by atoms with Crippen molar-refractivity contribution in [1.82, 2.24) is 4.98 Å². The van der Waals surface area contributed by atoms with Gasteiger partial charge in [-0.15, -0.1) is 0 Å². The number of carboxylic acid groups (broad SMARTS) is 1. The molecule has 16 heavy (non-hydrogen) atoms. The topological polar surface area (TPSA) is 89.3 Å². The van der Waals surface area contributed by atoms with Crippen molar-refractivity contribution in [3.8, 4) is 11.5 Å². The van der Waals surface area contributed by atoms with E-state index >= 15 is 0 Å². The average molecular weight is 218 g/mol. The van der Waals surface area contributed by atoms with Crippen molar-refractivity contribution in [2.24, 2.45) is 5.73 Å². The first-order valence-electron chi connectivity index (χ1n) is 4.69. The molecule has 0 bridgehead atoms. The number of oxazole rings is 1. The van der Waals surface area contributed by atoms with Gasteiger partial charge in [0.1, 0.15) is 6.26 Å². The van der Waals surface area contributed by atoms with E-state index in [2.05, 4.69) is 4.98 Å². The third-order valence-electron chi connectivity index (χ3n) is 2.16. The molecule has 2 rings (SSSR count). The van der Waals surface area contributed by atoms with E-state index in [0.29, 0.717) is 12.4 Å². The summed E-state index contributed by atoms with van der Waals surface area (Å²) in [6, 6.07) is 7.28. The molecule has 0 fully saturated rings. The van der Waals surface area contributed by atoms with Gasteiger partial charge in [-0.2, -0.15) is 0 Å². The van der Waals surface area contributed by atoms with Crippen LogP contribution in [-0.4, -0.2) is 16.1 Å². The molecular weight excluding hydrogens is 208 g/mol. The molecule has 2 aromatic rings. The van der Waals surface area contributed by atoms with Gasteiger partial charge >= 0.3 is 5.97 Å². The maximum absolute atomic E-state index is 10.6. The Morgan fingerprint density at radius 3 is 2.56 bits per heavy atom. The summed E-state index contributed by atoms with van der Waals surface area (Å²) < 4.78 is 5.06. The summed E-state index contributed by atoms with van der Waals surface area (Å²) in [6.07, 6.45) is 1.12. The summed E-state index contributed by atoms with van der Waals surface area (Å²) in [7, 11) is 0. The molecule has 0 unspecified atom stereocenters. The molecule has 0 aliphatic heterocycles. The van der Waals surface area contributed by atoms with Crippen molar-refractivity contribution < 1.29 is 14.3 Å². The Hall–Kier alpha value is -2.14. The van der Waals surface area contributed by atoms with Crippen LogP contribution in [0.15, 0.2) is 34.9 Å². The summed E-state index contributed by atoms with van der Waals surface area (Å²) in [5.41, 5.74) is 7.09. The van der Waals surface area contributed by atoms with Crippen molar-refractivity contribution in [3.05, 3.63) is 41.8 Å². The number of nitrogens with zero attached hydrogens (tertiary/aromatic N) is 1. The zero-order valence-electron chi connectivity index (χ0n) is 8.38. The lowest BCUT2D eigenvalue weighted by Crippen LogP contribution is -1.96. The Balaban J connectivity index is 2.31. The fourth-order valence-electron chi connectivity index (χ4n) is 1.29. The van der Waals surface area contributed by atoms with Gasteiger partial charge in [0.2, 0.25) is 5.89 Å². The van der Waals surface area contributed by atoms with Gasteiger partial charge in [0.05, 0.1) is 0 Å². The van der Waals surface area contributed by atoms with E-state index in [9.17, 15) is 4.79 Å². The summed E-state index contributed by atoms with van der Waals surface area (Å²) in [6.45, 7) is 0.465. The van der Waals surface area contributed by atoms with Crippen LogP contribution in [-0.2, 0) is 6.54 Å². The van der Waals surface area contributed by atoms with Gasteiger partial charge in [-0.05, 0) is 17.7 Å². The highest BCUT2D eigenvalue weighted by atomic mass is 16.4. The molecular formula is C11H10N2O3. The number of benzene rings is 1. The molecule has 0 amide bonds. The van der Waals surface area contributed by atoms with Crippen molar-refractivity contribution in [1.29, 1.82) is 0 Å². The number of hydrogen-bond donors (Lipinski definition) is 2. The van der Waals surface area contributed by atoms with Gasteiger partial charge in [0.25, 0.3) is 0 Å². The van der Waals surface area contributed by atoms with Gasteiger partial charge in [0.15, 0.2) is 5.69 Å². The second kappa shape index (κ2) is 4.16. The molecule has 1 heterocycles. The average Bonchev–Trinajstić information content (AvgIpc) is 2.78. The number of nitrogens with two attached hydrogens (primary N) is 1. The first kappa shape index (κ1) is 10.4. The predicted octanol–water partition coefficient (Wildman–Crippen LogP) is 1.50. The minimum Gasteiger partial charge on any atom is -0.476 e. The molecule has 82 valence electrons. The molecule has 5 heteroatoms. The van der Waals surface area contributed by atoms with Crippen LogP contribution < -0.4 is 5.73 Å². The molecule has 1 aromatic carbocycles. The zero-order valence-corrected chi connectivity index (χ0v) is 8.38. The number of aromatic nitrogens is 1. The molecule has 0 aliphatic rings. The minimum absolute atomic E-state index is 0.0992. The van der Waals surface area contributed by atoms with E-state index in [0.717, 1.165) is 17.4 Å². The number of carboxylic acids is 1. The van der Waals surface area contributed by atoms with E-state index in [1.807, 2.05) is 12.1 Å². The Kier molecular flexibility index (Phi) is 2.70. The van der Waals surface area contributed by atoms with Gasteiger partial charge in [-0.3, -0.25) is 0 Å². The van der Waals surface area contributed by atoms with Crippen LogP contribution in [0.25, 0.3) is 11.5 Å². The minimum atomic E-state index is -1.10. The third kappa shape index (κ3) is 1.94. The SMILES string of the molecule is NCc1ccc(-c2nc(C(=O)O)co2)cc1. The fraction of sp³-hybridized carbons (Fsp3) is 0.0909. The van der Waals surface area contributed by atoms with Crippen LogP contribution in [0.4, 0.5) is 0 Å². The Labute approximate surface area is 91.5 Å². The Bertz CT molecular complexity index is 502. The molecule has 5 nitrogen and oxygen atoms in total. The first-order chi connectivity index (χ1) is 7.70. The largest absolute Gasteiger partial charge is 0.476 e. The van der Waals surface area contributed by atoms with Crippen molar-refractivity contribution in [2.45, 2.75) is 6.54 Å². The van der Waals surface area contributed by atoms with Crippen LogP contribution in [0.5, 0.6) is 0 Å². The quantitative estimate of drug-likeness (QED) is 0.814. The number of hydrogen-bond acceptors (Lipinski definition) is 4. The van der Waals surface area contributed by atoms with Crippen LogP contribution in [0.3, 0.4) is 0 Å². The summed E-state index contributed by atoms with van der Waals surface area (Å²) in [5.74, 6) is -0.811. The van der Waals surface area contributed by atoms with E-state index in [4.69, 9.17) is 15.3 Å². The summed E-state index contributed by atoms with van der Waals surface area (Å²) >= 11 is 0. The molecule has 0 radical (unpaired) electrons. The van der Waals surface area contributed by atoms with Gasteiger partial charge in [-0.1, -0.05) is 12.1 Å². The molecule has 1 aromatic heterocycles. The highest BCUT2D eigenvalue weighted by Gasteiger charge is 2.11. The van der Waals surface area contributed by atoms with Crippen molar-refractivity contribution >= 4 is 5.97 Å². The third-order valence-corrected chi connectivity index (χ3v) is 2.16. The second-order valence-electron chi connectivity index (χ2n) is 3.24. The van der Waals surface area contributed by atoms with Gasteiger partial charge < -0.3 is 15.3 Å². The van der Waals surface area contributed by atoms with E-state index in [-0.39, 0.29) is 5.69 Å². The maximum Gasteiger partial charge on any atom is 0.357 e. The highest BCUT2D eigenvalue weighted by molar-refractivity contribution is 5.85. The fourth-order valence-corrected chi connectivity index (χ4v) is 1.29. The van der Waals surface area contributed by atoms with Gasteiger partial charge in [0, 0.05) is 12.1 Å². The standard InChI is InChI=1S/C11H10N2O3/c12-5-7-1-3-8(4-2-7)10-13-9(6-16-10)11(14)15/h1-4,6H,5,12H2,(H,14,15). The van der Waals surface area contributed by atoms with E-state index < -0.39 is 5.97 Å². The molecule has 0 atom stereocenters. The normalized spacial score (nSPS) is 10.3. The predicted molar refractivity (Wildman–Crippen MR) is 56.8 cm³/mol. The van der Waals surface area contributed by atoms with E-state index in [1.165, 1.54) is 0 Å².